The van der Waals surface area contributed by atoms with Gasteiger partial charge in [0.25, 0.3) is 0 Å². The van der Waals surface area contributed by atoms with Gasteiger partial charge in [-0.3, -0.25) is 0 Å². The number of rotatable bonds is 2. The number of ether oxygens (including phenoxy) is 1. The maximum atomic E-state index is 13.5. The minimum atomic E-state index is -0.479. The molecule has 2 N–H and O–H groups in total. The van der Waals surface area contributed by atoms with Gasteiger partial charge >= 0.3 is 0 Å². The van der Waals surface area contributed by atoms with Gasteiger partial charge in [-0.25, -0.2) is 4.39 Å². The maximum Gasteiger partial charge on any atom is 0.169 e. The van der Waals surface area contributed by atoms with Crippen LogP contribution in [0.25, 0.3) is 0 Å². The molecule has 2 aromatic rings. The van der Waals surface area contributed by atoms with Gasteiger partial charge in [0, 0.05) is 4.47 Å². The van der Waals surface area contributed by atoms with Crippen LogP contribution in [0.4, 0.5) is 10.1 Å². The van der Waals surface area contributed by atoms with E-state index >= 15 is 0 Å². The molecule has 5 heteroatoms. The molecule has 2 aromatic carbocycles. The van der Waals surface area contributed by atoms with Crippen molar-refractivity contribution in [1.29, 1.82) is 0 Å². The Kier molecular flexibility index (Phi) is 3.54. The van der Waals surface area contributed by atoms with E-state index in [0.717, 1.165) is 0 Å². The summed E-state index contributed by atoms with van der Waals surface area (Å²) in [4.78, 5) is 0. The maximum absolute atomic E-state index is 13.5. The molecule has 0 aliphatic heterocycles. The number of halogens is 3. The number of anilines is 1. The first kappa shape index (κ1) is 12.2. The van der Waals surface area contributed by atoms with Gasteiger partial charge in [0.2, 0.25) is 0 Å². The molecule has 2 rings (SSSR count). The summed E-state index contributed by atoms with van der Waals surface area (Å²) in [5, 5.41) is 0.337. The molecule has 0 aliphatic carbocycles. The standard InChI is InChI=1S/C12H8BrClFNO/c13-7-4-5-9(15)11(6-7)17-12-8(14)2-1-3-10(12)16/h1-6H,16H2. The van der Waals surface area contributed by atoms with Crippen LogP contribution in [0.1, 0.15) is 0 Å². The highest BCUT2D eigenvalue weighted by atomic mass is 79.9. The lowest BCUT2D eigenvalue weighted by Crippen LogP contribution is -1.94. The van der Waals surface area contributed by atoms with Crippen molar-refractivity contribution in [2.75, 3.05) is 5.73 Å². The first-order valence-electron chi connectivity index (χ1n) is 4.75. The summed E-state index contributed by atoms with van der Waals surface area (Å²) in [7, 11) is 0. The van der Waals surface area contributed by atoms with Gasteiger partial charge < -0.3 is 10.5 Å². The van der Waals surface area contributed by atoms with Crippen LogP contribution in [0.3, 0.4) is 0 Å². The minimum absolute atomic E-state index is 0.0687. The molecule has 0 unspecified atom stereocenters. The normalized spacial score (nSPS) is 10.3. The Morgan fingerprint density at radius 2 is 2.00 bits per heavy atom. The van der Waals surface area contributed by atoms with E-state index in [2.05, 4.69) is 15.9 Å². The lowest BCUT2D eigenvalue weighted by atomic mass is 10.3. The molecule has 0 aromatic heterocycles. The van der Waals surface area contributed by atoms with Crippen molar-refractivity contribution in [1.82, 2.24) is 0 Å². The van der Waals surface area contributed by atoms with Crippen LogP contribution < -0.4 is 10.5 Å². The van der Waals surface area contributed by atoms with E-state index < -0.39 is 5.82 Å². The number of nitrogens with two attached hydrogens (primary N) is 1. The van der Waals surface area contributed by atoms with Gasteiger partial charge in [-0.1, -0.05) is 33.6 Å². The fourth-order valence-corrected chi connectivity index (χ4v) is 1.86. The Labute approximate surface area is 111 Å². The Hall–Kier alpha value is -1.26. The molecule has 2 nitrogen and oxygen atoms in total. The highest BCUT2D eigenvalue weighted by Gasteiger charge is 2.10. The predicted molar refractivity (Wildman–Crippen MR) is 70.0 cm³/mol. The van der Waals surface area contributed by atoms with Gasteiger partial charge in [0.1, 0.15) is 0 Å². The highest BCUT2D eigenvalue weighted by Crippen LogP contribution is 2.36. The average molecular weight is 317 g/mol. The molecular weight excluding hydrogens is 308 g/mol. The lowest BCUT2D eigenvalue weighted by molar-refractivity contribution is 0.444. The summed E-state index contributed by atoms with van der Waals surface area (Å²) in [5.74, 6) is -0.155. The third kappa shape index (κ3) is 2.70. The summed E-state index contributed by atoms with van der Waals surface area (Å²) < 4.78 is 19.6. The van der Waals surface area contributed by atoms with Crippen LogP contribution in [0.15, 0.2) is 40.9 Å². The van der Waals surface area contributed by atoms with Crippen molar-refractivity contribution in [2.45, 2.75) is 0 Å². The van der Waals surface area contributed by atoms with Gasteiger partial charge in [-0.05, 0) is 30.3 Å². The second-order valence-corrected chi connectivity index (χ2v) is 4.66. The summed E-state index contributed by atoms with van der Waals surface area (Å²) >= 11 is 9.17. The highest BCUT2D eigenvalue weighted by molar-refractivity contribution is 9.10. The molecule has 0 heterocycles. The molecule has 0 saturated carbocycles. The van der Waals surface area contributed by atoms with Crippen molar-refractivity contribution in [3.8, 4) is 11.5 Å². The smallest absolute Gasteiger partial charge is 0.169 e. The van der Waals surface area contributed by atoms with Gasteiger partial charge in [-0.15, -0.1) is 0 Å². The second kappa shape index (κ2) is 4.94. The van der Waals surface area contributed by atoms with E-state index in [9.17, 15) is 4.39 Å². The fourth-order valence-electron chi connectivity index (χ4n) is 1.30. The number of benzene rings is 2. The van der Waals surface area contributed by atoms with E-state index in [0.29, 0.717) is 15.2 Å². The van der Waals surface area contributed by atoms with E-state index in [1.54, 1.807) is 24.3 Å². The third-order valence-corrected chi connectivity index (χ3v) is 2.89. The first-order chi connectivity index (χ1) is 8.08. The molecule has 0 atom stereocenters. The molecule has 0 aliphatic rings. The summed E-state index contributed by atoms with van der Waals surface area (Å²) in [6, 6.07) is 9.35. The molecule has 0 saturated heterocycles. The molecule has 88 valence electrons. The molecule has 0 bridgehead atoms. The van der Waals surface area contributed by atoms with Gasteiger partial charge in [0.15, 0.2) is 17.3 Å². The average Bonchev–Trinajstić information content (AvgIpc) is 2.28. The van der Waals surface area contributed by atoms with Crippen LogP contribution in [0.2, 0.25) is 5.02 Å². The van der Waals surface area contributed by atoms with Crippen LogP contribution in [0.5, 0.6) is 11.5 Å². The van der Waals surface area contributed by atoms with Crippen LogP contribution in [-0.4, -0.2) is 0 Å². The third-order valence-electron chi connectivity index (χ3n) is 2.10. The zero-order valence-corrected chi connectivity index (χ0v) is 10.9. The van der Waals surface area contributed by atoms with Gasteiger partial charge in [0.05, 0.1) is 10.7 Å². The molecule has 0 spiro atoms. The molecule has 17 heavy (non-hydrogen) atoms. The number of hydrogen-bond donors (Lipinski definition) is 1. The zero-order chi connectivity index (χ0) is 12.4. The van der Waals surface area contributed by atoms with E-state index in [1.807, 2.05) is 0 Å². The molecule has 0 radical (unpaired) electrons. The Morgan fingerprint density at radius 3 is 2.71 bits per heavy atom. The Morgan fingerprint density at radius 1 is 1.24 bits per heavy atom. The van der Waals surface area contributed by atoms with E-state index in [4.69, 9.17) is 22.1 Å². The van der Waals surface area contributed by atoms with Crippen LogP contribution in [-0.2, 0) is 0 Å². The van der Waals surface area contributed by atoms with Crippen LogP contribution >= 0.6 is 27.5 Å². The predicted octanol–water partition coefficient (Wildman–Crippen LogP) is 4.62. The monoisotopic (exact) mass is 315 g/mol. The topological polar surface area (TPSA) is 35.2 Å². The molecular formula is C12H8BrClFNO. The molecule has 0 fully saturated rings. The SMILES string of the molecule is Nc1cccc(Cl)c1Oc1cc(Br)ccc1F. The quantitative estimate of drug-likeness (QED) is 0.821. The summed E-state index contributed by atoms with van der Waals surface area (Å²) in [5.41, 5.74) is 6.07. The van der Waals surface area contributed by atoms with Crippen molar-refractivity contribution >= 4 is 33.2 Å². The van der Waals surface area contributed by atoms with Crippen molar-refractivity contribution in [2.24, 2.45) is 0 Å². The van der Waals surface area contributed by atoms with E-state index in [-0.39, 0.29) is 11.5 Å². The van der Waals surface area contributed by atoms with Crippen molar-refractivity contribution < 1.29 is 9.13 Å². The van der Waals surface area contributed by atoms with Crippen LogP contribution in [0, 0.1) is 5.82 Å². The zero-order valence-electron chi connectivity index (χ0n) is 8.58. The largest absolute Gasteiger partial charge is 0.450 e. The van der Waals surface area contributed by atoms with E-state index in [1.165, 1.54) is 12.1 Å². The Balaban J connectivity index is 2.41. The lowest BCUT2D eigenvalue weighted by Gasteiger charge is -2.10. The summed E-state index contributed by atoms with van der Waals surface area (Å²) in [6.07, 6.45) is 0. The molecule has 0 amide bonds. The fraction of sp³-hybridized carbons (Fsp3) is 0. The Bertz CT molecular complexity index is 542. The number of para-hydroxylation sites is 1. The van der Waals surface area contributed by atoms with Crippen molar-refractivity contribution in [3.05, 3.63) is 51.7 Å². The summed E-state index contributed by atoms with van der Waals surface area (Å²) in [6.45, 7) is 0. The second-order valence-electron chi connectivity index (χ2n) is 3.33. The number of nitrogen functional groups attached to an aromatic ring is 1. The minimum Gasteiger partial charge on any atom is -0.450 e. The number of hydrogen-bond acceptors (Lipinski definition) is 2. The van der Waals surface area contributed by atoms with Gasteiger partial charge in [-0.2, -0.15) is 0 Å². The first-order valence-corrected chi connectivity index (χ1v) is 5.92. The van der Waals surface area contributed by atoms with Crippen molar-refractivity contribution in [3.63, 3.8) is 0 Å².